The van der Waals surface area contributed by atoms with Gasteiger partial charge in [-0.1, -0.05) is 23.7 Å². The lowest BCUT2D eigenvalue weighted by Gasteiger charge is -2.31. The van der Waals surface area contributed by atoms with E-state index in [0.717, 1.165) is 13.1 Å². The van der Waals surface area contributed by atoms with Crippen molar-refractivity contribution in [2.24, 2.45) is 7.05 Å². The first kappa shape index (κ1) is 22.5. The Morgan fingerprint density at radius 2 is 1.94 bits per heavy atom. The van der Waals surface area contributed by atoms with Crippen molar-refractivity contribution in [1.82, 2.24) is 19.6 Å². The molecule has 2 aliphatic rings. The molecule has 0 bridgehead atoms. The number of aromatic nitrogens is 2. The summed E-state index contributed by atoms with van der Waals surface area (Å²) >= 11 is 6.24. The van der Waals surface area contributed by atoms with Crippen LogP contribution in [-0.2, 0) is 21.4 Å². The van der Waals surface area contributed by atoms with Gasteiger partial charge in [0.2, 0.25) is 0 Å². The number of likely N-dealkylation sites (tertiary alicyclic amines) is 1. The summed E-state index contributed by atoms with van der Waals surface area (Å²) < 4.78 is 7.04. The largest absolute Gasteiger partial charge is 0.507 e. The molecule has 3 heterocycles. The fourth-order valence-corrected chi connectivity index (χ4v) is 4.66. The number of nitrogens with zero attached hydrogens (tertiary/aromatic N) is 4. The number of hydrogen-bond donors (Lipinski definition) is 1. The number of aryl methyl sites for hydroxylation is 2. The smallest absolute Gasteiger partial charge is 0.295 e. The molecule has 2 fully saturated rings. The highest BCUT2D eigenvalue weighted by Crippen LogP contribution is 2.40. The molecule has 4 rings (SSSR count). The Morgan fingerprint density at radius 3 is 2.56 bits per heavy atom. The van der Waals surface area contributed by atoms with Gasteiger partial charge in [0.25, 0.3) is 11.7 Å². The maximum Gasteiger partial charge on any atom is 0.295 e. The number of amides is 1. The lowest BCUT2D eigenvalue weighted by molar-refractivity contribution is -0.140. The third kappa shape index (κ3) is 4.05. The number of ether oxygens (including phenoxy) is 1. The van der Waals surface area contributed by atoms with Gasteiger partial charge in [-0.25, -0.2) is 0 Å². The number of carbonyl (C=O) groups excluding carboxylic acids is 2. The summed E-state index contributed by atoms with van der Waals surface area (Å²) in [5.74, 6) is -1.52. The van der Waals surface area contributed by atoms with Crippen LogP contribution in [0.3, 0.4) is 0 Å². The van der Waals surface area contributed by atoms with E-state index in [1.165, 1.54) is 4.90 Å². The molecule has 32 heavy (non-hydrogen) atoms. The van der Waals surface area contributed by atoms with Gasteiger partial charge in [0, 0.05) is 43.9 Å². The van der Waals surface area contributed by atoms with Gasteiger partial charge in [-0.05, 0) is 31.5 Å². The molecular weight excluding hydrogens is 432 g/mol. The molecule has 0 radical (unpaired) electrons. The fourth-order valence-electron chi connectivity index (χ4n) is 4.46. The molecule has 1 unspecified atom stereocenters. The lowest BCUT2D eigenvalue weighted by atomic mass is 9.94. The average Bonchev–Trinajstić information content (AvgIpc) is 3.18. The van der Waals surface area contributed by atoms with E-state index in [2.05, 4.69) is 10.00 Å². The highest BCUT2D eigenvalue weighted by molar-refractivity contribution is 6.46. The van der Waals surface area contributed by atoms with Crippen molar-refractivity contribution < 1.29 is 19.4 Å². The van der Waals surface area contributed by atoms with Crippen molar-refractivity contribution in [3.63, 3.8) is 0 Å². The summed E-state index contributed by atoms with van der Waals surface area (Å²) in [4.78, 5) is 30.0. The zero-order valence-electron chi connectivity index (χ0n) is 18.5. The number of halogens is 1. The summed E-state index contributed by atoms with van der Waals surface area (Å²) in [5, 5.41) is 16.1. The number of benzene rings is 1. The Kier molecular flexibility index (Phi) is 6.37. The third-order valence-corrected chi connectivity index (χ3v) is 6.45. The van der Waals surface area contributed by atoms with Gasteiger partial charge in [0.05, 0.1) is 36.1 Å². The van der Waals surface area contributed by atoms with Crippen LogP contribution in [0.15, 0.2) is 29.8 Å². The molecule has 1 atom stereocenters. The monoisotopic (exact) mass is 458 g/mol. The molecule has 0 saturated carbocycles. The zero-order chi connectivity index (χ0) is 23.0. The predicted octanol–water partition coefficient (Wildman–Crippen LogP) is 2.44. The van der Waals surface area contributed by atoms with Crippen molar-refractivity contribution in [1.29, 1.82) is 0 Å². The molecule has 170 valence electrons. The van der Waals surface area contributed by atoms with Gasteiger partial charge in [-0.15, -0.1) is 0 Å². The fraction of sp³-hybridized carbons (Fsp3) is 0.435. The molecule has 2 aromatic rings. The van der Waals surface area contributed by atoms with Crippen molar-refractivity contribution in [2.45, 2.75) is 19.9 Å². The Balaban J connectivity index is 1.79. The maximum atomic E-state index is 13.2. The number of morpholine rings is 1. The Bertz CT molecular complexity index is 1090. The topological polar surface area (TPSA) is 87.9 Å². The van der Waals surface area contributed by atoms with Gasteiger partial charge in [-0.2, -0.15) is 5.10 Å². The summed E-state index contributed by atoms with van der Waals surface area (Å²) in [6.07, 6.45) is 0. The Morgan fingerprint density at radius 1 is 1.22 bits per heavy atom. The van der Waals surface area contributed by atoms with Crippen molar-refractivity contribution in [3.05, 3.63) is 57.4 Å². The molecule has 8 nitrogen and oxygen atoms in total. The highest BCUT2D eigenvalue weighted by Gasteiger charge is 2.46. The first-order valence-electron chi connectivity index (χ1n) is 10.6. The first-order valence-corrected chi connectivity index (χ1v) is 11.0. The molecular formula is C23H27ClN4O4. The second kappa shape index (κ2) is 9.05. The highest BCUT2D eigenvalue weighted by atomic mass is 35.5. The third-order valence-electron chi connectivity index (χ3n) is 6.21. The van der Waals surface area contributed by atoms with Gasteiger partial charge in [0.15, 0.2) is 0 Å². The lowest BCUT2D eigenvalue weighted by Crippen LogP contribution is -2.42. The molecule has 9 heteroatoms. The standard InChI is InChI=1S/C23H27ClN4O4/c1-14-18(15(2)26(3)25-14)21(29)19-20(16-5-4-6-17(24)13-16)28(23(31)22(19)30)8-7-27-9-11-32-12-10-27/h4-6,13,20,29H,7-12H2,1-3H3/b21-19+. The van der Waals surface area contributed by atoms with E-state index in [0.29, 0.717) is 53.8 Å². The van der Waals surface area contributed by atoms with Crippen molar-refractivity contribution in [3.8, 4) is 0 Å². The minimum absolute atomic E-state index is 0.0680. The first-order chi connectivity index (χ1) is 15.3. The van der Waals surface area contributed by atoms with Crippen LogP contribution in [-0.4, -0.2) is 75.8 Å². The molecule has 0 spiro atoms. The number of aliphatic hydroxyl groups is 1. The molecule has 0 aliphatic carbocycles. The van der Waals surface area contributed by atoms with E-state index in [9.17, 15) is 14.7 Å². The molecule has 1 aromatic heterocycles. The summed E-state index contributed by atoms with van der Waals surface area (Å²) in [6, 6.07) is 6.34. The minimum atomic E-state index is -0.728. The van der Waals surface area contributed by atoms with Crippen LogP contribution in [0.25, 0.3) is 5.76 Å². The average molecular weight is 459 g/mol. The quantitative estimate of drug-likeness (QED) is 0.420. The number of hydrogen-bond acceptors (Lipinski definition) is 6. The van der Waals surface area contributed by atoms with Crippen LogP contribution >= 0.6 is 11.6 Å². The van der Waals surface area contributed by atoms with Gasteiger partial charge < -0.3 is 14.7 Å². The number of ketones is 1. The molecule has 1 amide bonds. The number of rotatable bonds is 5. The number of Topliss-reactive ketones (excluding diaryl/α,β-unsaturated/α-hetero) is 1. The summed E-state index contributed by atoms with van der Waals surface area (Å²) in [6.45, 7) is 7.40. The SMILES string of the molecule is Cc1nn(C)c(C)c1/C(O)=C1\C(=O)C(=O)N(CCN2CCOCC2)C1c1cccc(Cl)c1. The second-order valence-corrected chi connectivity index (χ2v) is 8.61. The predicted molar refractivity (Wildman–Crippen MR) is 120 cm³/mol. The second-order valence-electron chi connectivity index (χ2n) is 8.17. The molecule has 1 N–H and O–H groups in total. The normalized spacial score (nSPS) is 21.5. The van der Waals surface area contributed by atoms with Gasteiger partial charge in [-0.3, -0.25) is 19.2 Å². The number of carbonyl (C=O) groups is 2. The van der Waals surface area contributed by atoms with E-state index in [-0.39, 0.29) is 11.3 Å². The van der Waals surface area contributed by atoms with Gasteiger partial charge >= 0.3 is 0 Å². The van der Waals surface area contributed by atoms with Crippen LogP contribution in [0.4, 0.5) is 0 Å². The van der Waals surface area contributed by atoms with Crippen LogP contribution in [0.2, 0.25) is 5.02 Å². The van der Waals surface area contributed by atoms with E-state index in [1.54, 1.807) is 36.9 Å². The Labute approximate surface area is 192 Å². The van der Waals surface area contributed by atoms with Crippen molar-refractivity contribution >= 4 is 29.1 Å². The van der Waals surface area contributed by atoms with E-state index >= 15 is 0 Å². The molecule has 1 aromatic carbocycles. The minimum Gasteiger partial charge on any atom is -0.507 e. The van der Waals surface area contributed by atoms with E-state index in [1.807, 2.05) is 13.0 Å². The van der Waals surface area contributed by atoms with Crippen LogP contribution in [0, 0.1) is 13.8 Å². The summed E-state index contributed by atoms with van der Waals surface area (Å²) in [7, 11) is 1.77. The van der Waals surface area contributed by atoms with Gasteiger partial charge in [0.1, 0.15) is 5.76 Å². The Hall–Kier alpha value is -2.68. The maximum absolute atomic E-state index is 13.2. The zero-order valence-corrected chi connectivity index (χ0v) is 19.2. The van der Waals surface area contributed by atoms with Crippen molar-refractivity contribution in [2.75, 3.05) is 39.4 Å². The van der Waals surface area contributed by atoms with E-state index < -0.39 is 17.7 Å². The summed E-state index contributed by atoms with van der Waals surface area (Å²) in [5.41, 5.74) is 2.53. The molecule has 2 saturated heterocycles. The van der Waals surface area contributed by atoms with Crippen LogP contribution < -0.4 is 0 Å². The molecule has 2 aliphatic heterocycles. The van der Waals surface area contributed by atoms with E-state index in [4.69, 9.17) is 16.3 Å². The number of aliphatic hydroxyl groups excluding tert-OH is 1. The van der Waals surface area contributed by atoms with Crippen LogP contribution in [0.5, 0.6) is 0 Å². The van der Waals surface area contributed by atoms with Crippen LogP contribution in [0.1, 0.15) is 28.6 Å².